The molecule has 3 heteroatoms. The minimum atomic E-state index is -0.960. The topological polar surface area (TPSA) is 49.7 Å². The highest BCUT2D eigenvalue weighted by Crippen LogP contribution is 2.19. The molecule has 0 aliphatic carbocycles. The van der Waals surface area contributed by atoms with Gasteiger partial charge in [-0.3, -0.25) is 0 Å². The van der Waals surface area contributed by atoms with Crippen LogP contribution in [0.3, 0.4) is 0 Å². The second kappa shape index (κ2) is 11.0. The van der Waals surface area contributed by atoms with Crippen LogP contribution in [0.4, 0.5) is 0 Å². The second-order valence-corrected chi connectivity index (χ2v) is 2.70. The summed E-state index contributed by atoms with van der Waals surface area (Å²) in [4.78, 5) is 0. The van der Waals surface area contributed by atoms with Crippen LogP contribution in [0, 0.1) is 0 Å². The van der Waals surface area contributed by atoms with Crippen molar-refractivity contribution >= 4 is 0 Å². The number of rotatable bonds is 1. The number of hydrogen-bond acceptors (Lipinski definition) is 3. The molecule has 1 fully saturated rings. The Morgan fingerprint density at radius 2 is 1.57 bits per heavy atom. The van der Waals surface area contributed by atoms with E-state index in [1.54, 1.807) is 0 Å². The predicted octanol–water partition coefficient (Wildman–Crippen LogP) is 2.31. The molecule has 0 aromatic heterocycles. The molecule has 2 N–H and O–H groups in total. The Bertz CT molecular complexity index is 107. The number of aliphatic hydroxyl groups excluding tert-OH is 2. The van der Waals surface area contributed by atoms with Gasteiger partial charge in [-0.2, -0.15) is 0 Å². The summed E-state index contributed by atoms with van der Waals surface area (Å²) >= 11 is 0. The third-order valence-corrected chi connectivity index (χ3v) is 1.90. The normalized spacial score (nSPS) is 30.6. The van der Waals surface area contributed by atoms with Gasteiger partial charge < -0.3 is 14.9 Å². The van der Waals surface area contributed by atoms with E-state index in [-0.39, 0.29) is 6.10 Å². The molecule has 1 unspecified atom stereocenters. The highest BCUT2D eigenvalue weighted by molar-refractivity contribution is 4.70. The van der Waals surface area contributed by atoms with Crippen molar-refractivity contribution in [2.45, 2.75) is 72.4 Å². The summed E-state index contributed by atoms with van der Waals surface area (Å²) in [6, 6.07) is 0. The van der Waals surface area contributed by atoms with Crippen molar-refractivity contribution in [2.24, 2.45) is 0 Å². The monoisotopic (exact) mass is 206 g/mol. The lowest BCUT2D eigenvalue weighted by Crippen LogP contribution is -2.38. The zero-order chi connectivity index (χ0) is 11.6. The van der Waals surface area contributed by atoms with E-state index < -0.39 is 12.4 Å². The molecule has 88 valence electrons. The smallest absolute Gasteiger partial charge is 0.181 e. The third-order valence-electron chi connectivity index (χ3n) is 1.90. The Hall–Kier alpha value is -0.120. The van der Waals surface area contributed by atoms with E-state index in [4.69, 9.17) is 14.9 Å². The second-order valence-electron chi connectivity index (χ2n) is 2.70. The molecule has 1 rings (SSSR count). The van der Waals surface area contributed by atoms with E-state index in [1.807, 2.05) is 34.6 Å². The van der Waals surface area contributed by atoms with E-state index in [0.717, 1.165) is 12.8 Å². The Morgan fingerprint density at radius 1 is 1.07 bits per heavy atom. The minimum absolute atomic E-state index is 0.137. The van der Waals surface area contributed by atoms with Crippen molar-refractivity contribution < 1.29 is 14.9 Å². The molecule has 0 saturated carbocycles. The largest absolute Gasteiger partial charge is 0.388 e. The first kappa shape index (κ1) is 16.3. The summed E-state index contributed by atoms with van der Waals surface area (Å²) in [6.45, 7) is 10.0. The van der Waals surface area contributed by atoms with E-state index >= 15 is 0 Å². The molecule has 1 saturated heterocycles. The number of ether oxygens (including phenoxy) is 1. The van der Waals surface area contributed by atoms with Gasteiger partial charge in [0.25, 0.3) is 0 Å². The lowest BCUT2D eigenvalue weighted by atomic mass is 10.0. The van der Waals surface area contributed by atoms with E-state index in [0.29, 0.717) is 6.42 Å². The van der Waals surface area contributed by atoms with Crippen LogP contribution in [0.25, 0.3) is 0 Å². The molecular weight excluding hydrogens is 180 g/mol. The fourth-order valence-corrected chi connectivity index (χ4v) is 1.16. The van der Waals surface area contributed by atoms with Gasteiger partial charge in [-0.15, -0.1) is 0 Å². The van der Waals surface area contributed by atoms with Crippen LogP contribution in [0.5, 0.6) is 0 Å². The van der Waals surface area contributed by atoms with Gasteiger partial charge in [0.05, 0.1) is 6.10 Å². The quantitative estimate of drug-likeness (QED) is 0.692. The van der Waals surface area contributed by atoms with Gasteiger partial charge in [-0.1, -0.05) is 34.6 Å². The average molecular weight is 206 g/mol. The van der Waals surface area contributed by atoms with E-state index in [2.05, 4.69) is 0 Å². The van der Waals surface area contributed by atoms with Gasteiger partial charge in [0.15, 0.2) is 6.29 Å². The molecular formula is C11H26O3. The third kappa shape index (κ3) is 6.35. The molecule has 3 atom stereocenters. The molecule has 0 amide bonds. The maximum Gasteiger partial charge on any atom is 0.181 e. The molecule has 1 aliphatic rings. The molecule has 0 bridgehead atoms. The van der Waals surface area contributed by atoms with Crippen LogP contribution >= 0.6 is 0 Å². The average Bonchev–Trinajstić information content (AvgIpc) is 2.28. The maximum absolute atomic E-state index is 9.02. The summed E-state index contributed by atoms with van der Waals surface area (Å²) in [6.07, 6.45) is 0.915. The van der Waals surface area contributed by atoms with Gasteiger partial charge >= 0.3 is 0 Å². The molecule has 14 heavy (non-hydrogen) atoms. The van der Waals surface area contributed by atoms with E-state index in [1.165, 1.54) is 0 Å². The fraction of sp³-hybridized carbons (Fsp3) is 1.00. The lowest BCUT2D eigenvalue weighted by molar-refractivity contribution is -0.215. The van der Waals surface area contributed by atoms with Crippen LogP contribution in [-0.2, 0) is 4.74 Å². The zero-order valence-electron chi connectivity index (χ0n) is 10.2. The zero-order valence-corrected chi connectivity index (χ0v) is 10.2. The molecule has 1 aliphatic heterocycles. The first-order valence-corrected chi connectivity index (χ1v) is 5.75. The predicted molar refractivity (Wildman–Crippen MR) is 59.1 cm³/mol. The highest BCUT2D eigenvalue weighted by atomic mass is 16.6. The first-order chi connectivity index (χ1) is 6.74. The Balaban J connectivity index is 0. The minimum Gasteiger partial charge on any atom is -0.388 e. The molecule has 0 aromatic rings. The molecule has 0 spiro atoms. The van der Waals surface area contributed by atoms with Gasteiger partial charge in [0, 0.05) is 0 Å². The number of hydrogen-bond donors (Lipinski definition) is 2. The molecule has 3 nitrogen and oxygen atoms in total. The molecule has 1 heterocycles. The first-order valence-electron chi connectivity index (χ1n) is 5.75. The Kier molecular flexibility index (Phi) is 12.8. The summed E-state index contributed by atoms with van der Waals surface area (Å²) in [5, 5.41) is 18.0. The van der Waals surface area contributed by atoms with Gasteiger partial charge in [-0.25, -0.2) is 0 Å². The van der Waals surface area contributed by atoms with Crippen molar-refractivity contribution in [3.63, 3.8) is 0 Å². The van der Waals surface area contributed by atoms with Crippen molar-refractivity contribution in [1.29, 1.82) is 0 Å². The van der Waals surface area contributed by atoms with Crippen molar-refractivity contribution in [3.8, 4) is 0 Å². The van der Waals surface area contributed by atoms with Crippen molar-refractivity contribution in [2.75, 3.05) is 0 Å². The highest BCUT2D eigenvalue weighted by Gasteiger charge is 2.26. The van der Waals surface area contributed by atoms with Gasteiger partial charge in [-0.05, 0) is 19.3 Å². The summed E-state index contributed by atoms with van der Waals surface area (Å²) in [5.41, 5.74) is 0. The van der Waals surface area contributed by atoms with Crippen LogP contribution < -0.4 is 0 Å². The Labute approximate surface area is 88.1 Å². The summed E-state index contributed by atoms with van der Waals surface area (Å²) < 4.78 is 5.05. The lowest BCUT2D eigenvalue weighted by Gasteiger charge is -2.29. The van der Waals surface area contributed by atoms with Crippen molar-refractivity contribution in [3.05, 3.63) is 0 Å². The van der Waals surface area contributed by atoms with Crippen LogP contribution in [0.15, 0.2) is 0 Å². The van der Waals surface area contributed by atoms with Gasteiger partial charge in [0.2, 0.25) is 0 Å². The molecule has 0 aromatic carbocycles. The maximum atomic E-state index is 9.02. The van der Waals surface area contributed by atoms with Crippen LogP contribution in [0.1, 0.15) is 53.9 Å². The summed E-state index contributed by atoms with van der Waals surface area (Å²) in [7, 11) is 0. The molecule has 0 radical (unpaired) electrons. The fourth-order valence-electron chi connectivity index (χ4n) is 1.16. The standard InChI is InChI=1S/C7H14O3.2C2H6/c1-2-5-3-4-6(8)7(9)10-5;2*1-2/h5-9H,2-4H2,1H3;2*1-2H3/t5-,6-,7?;;/m1../s1. The van der Waals surface area contributed by atoms with E-state index in [9.17, 15) is 0 Å². The number of aliphatic hydroxyl groups is 2. The van der Waals surface area contributed by atoms with Crippen LogP contribution in [0.2, 0.25) is 0 Å². The van der Waals surface area contributed by atoms with Crippen LogP contribution in [-0.4, -0.2) is 28.7 Å². The van der Waals surface area contributed by atoms with Crippen molar-refractivity contribution in [1.82, 2.24) is 0 Å². The van der Waals surface area contributed by atoms with Gasteiger partial charge in [0.1, 0.15) is 6.10 Å². The Morgan fingerprint density at radius 3 is 1.93 bits per heavy atom. The SMILES string of the molecule is CC.CC.CC[C@@H]1CC[C@@H](O)C(O)O1. The summed E-state index contributed by atoms with van der Waals surface area (Å²) in [5.74, 6) is 0.